The summed E-state index contributed by atoms with van der Waals surface area (Å²) in [5.74, 6) is -0.819. The molecule has 18 heavy (non-hydrogen) atoms. The molecule has 2 fully saturated rings. The topological polar surface area (TPSA) is 74.7 Å². The summed E-state index contributed by atoms with van der Waals surface area (Å²) in [6.07, 6.45) is 4.32. The van der Waals surface area contributed by atoms with Gasteiger partial charge in [0.15, 0.2) is 0 Å². The Morgan fingerprint density at radius 1 is 1.22 bits per heavy atom. The molecule has 5 nitrogen and oxygen atoms in total. The molecule has 104 valence electrons. The van der Waals surface area contributed by atoms with Gasteiger partial charge >= 0.3 is 5.97 Å². The van der Waals surface area contributed by atoms with E-state index in [0.717, 1.165) is 25.7 Å². The Kier molecular flexibility index (Phi) is 3.69. The van der Waals surface area contributed by atoms with Crippen molar-refractivity contribution >= 4 is 16.0 Å². The van der Waals surface area contributed by atoms with Gasteiger partial charge in [0.2, 0.25) is 10.0 Å². The second-order valence-corrected chi connectivity index (χ2v) is 7.93. The van der Waals surface area contributed by atoms with Gasteiger partial charge in [0, 0.05) is 13.1 Å². The van der Waals surface area contributed by atoms with Crippen LogP contribution in [-0.2, 0) is 14.8 Å². The molecule has 1 saturated heterocycles. The molecule has 0 spiro atoms. The molecule has 0 bridgehead atoms. The van der Waals surface area contributed by atoms with Crippen molar-refractivity contribution < 1.29 is 18.3 Å². The van der Waals surface area contributed by atoms with Crippen LogP contribution in [0.3, 0.4) is 0 Å². The lowest BCUT2D eigenvalue weighted by molar-refractivity contribution is -0.150. The smallest absolute Gasteiger partial charge is 0.309 e. The van der Waals surface area contributed by atoms with Gasteiger partial charge in [0.25, 0.3) is 0 Å². The summed E-state index contributed by atoms with van der Waals surface area (Å²) < 4.78 is 26.2. The van der Waals surface area contributed by atoms with Crippen LogP contribution in [0.15, 0.2) is 0 Å². The maximum absolute atomic E-state index is 12.3. The van der Waals surface area contributed by atoms with Gasteiger partial charge in [0.05, 0.1) is 10.7 Å². The maximum Gasteiger partial charge on any atom is 0.309 e. The summed E-state index contributed by atoms with van der Waals surface area (Å²) in [4.78, 5) is 11.1. The maximum atomic E-state index is 12.3. The molecule has 1 N–H and O–H groups in total. The van der Waals surface area contributed by atoms with Gasteiger partial charge in [-0.05, 0) is 32.6 Å². The second kappa shape index (κ2) is 4.81. The Bertz CT molecular complexity index is 417. The van der Waals surface area contributed by atoms with Crippen molar-refractivity contribution in [1.29, 1.82) is 0 Å². The summed E-state index contributed by atoms with van der Waals surface area (Å²) >= 11 is 0. The molecule has 1 heterocycles. The van der Waals surface area contributed by atoms with E-state index in [2.05, 4.69) is 0 Å². The van der Waals surface area contributed by atoms with Gasteiger partial charge in [-0.25, -0.2) is 12.7 Å². The molecule has 0 unspecified atom stereocenters. The van der Waals surface area contributed by atoms with E-state index in [0.29, 0.717) is 25.9 Å². The van der Waals surface area contributed by atoms with Crippen LogP contribution in [0.5, 0.6) is 0 Å². The highest BCUT2D eigenvalue weighted by Crippen LogP contribution is 2.35. The average Bonchev–Trinajstić information content (AvgIpc) is 2.83. The molecular weight excluding hydrogens is 254 g/mol. The summed E-state index contributed by atoms with van der Waals surface area (Å²) in [6, 6.07) is 0. The molecule has 0 aromatic carbocycles. The fraction of sp³-hybridized carbons (Fsp3) is 0.917. The van der Waals surface area contributed by atoms with Crippen LogP contribution in [-0.4, -0.2) is 42.1 Å². The van der Waals surface area contributed by atoms with Crippen molar-refractivity contribution in [2.45, 2.75) is 50.7 Å². The minimum atomic E-state index is -3.20. The lowest BCUT2D eigenvalue weighted by atomic mass is 9.81. The fourth-order valence-electron chi connectivity index (χ4n) is 2.85. The number of aliphatic carboxylic acids is 1. The van der Waals surface area contributed by atoms with E-state index in [1.54, 1.807) is 6.92 Å². The Balaban J connectivity index is 2.03. The predicted octanol–water partition coefficient (Wildman–Crippen LogP) is 1.45. The Morgan fingerprint density at radius 3 is 2.17 bits per heavy atom. The normalized spacial score (nSPS) is 26.3. The highest BCUT2D eigenvalue weighted by atomic mass is 32.2. The molecule has 1 aliphatic heterocycles. The van der Waals surface area contributed by atoms with Crippen LogP contribution in [0.2, 0.25) is 0 Å². The SMILES string of the molecule is CC1(C(=O)O)CCN(S(=O)(=O)C2CCCC2)CC1. The van der Waals surface area contributed by atoms with E-state index >= 15 is 0 Å². The van der Waals surface area contributed by atoms with Gasteiger partial charge in [-0.2, -0.15) is 0 Å². The van der Waals surface area contributed by atoms with Crippen molar-refractivity contribution in [3.8, 4) is 0 Å². The lowest BCUT2D eigenvalue weighted by Crippen LogP contribution is -2.47. The van der Waals surface area contributed by atoms with Crippen molar-refractivity contribution in [1.82, 2.24) is 4.31 Å². The van der Waals surface area contributed by atoms with Crippen LogP contribution in [0.1, 0.15) is 45.4 Å². The third-order valence-corrected chi connectivity index (χ3v) is 6.82. The number of hydrogen-bond acceptors (Lipinski definition) is 3. The van der Waals surface area contributed by atoms with Crippen LogP contribution in [0.4, 0.5) is 0 Å². The minimum absolute atomic E-state index is 0.230. The van der Waals surface area contributed by atoms with E-state index in [4.69, 9.17) is 5.11 Å². The van der Waals surface area contributed by atoms with Gasteiger partial charge in [-0.1, -0.05) is 12.8 Å². The van der Waals surface area contributed by atoms with Crippen molar-refractivity contribution in [2.24, 2.45) is 5.41 Å². The van der Waals surface area contributed by atoms with E-state index in [1.807, 2.05) is 0 Å². The molecule has 0 radical (unpaired) electrons. The van der Waals surface area contributed by atoms with Gasteiger partial charge in [-0.3, -0.25) is 4.79 Å². The van der Waals surface area contributed by atoms with Crippen LogP contribution < -0.4 is 0 Å². The first-order valence-electron chi connectivity index (χ1n) is 6.59. The van der Waals surface area contributed by atoms with Gasteiger partial charge < -0.3 is 5.11 Å². The molecular formula is C12H21NO4S. The molecule has 1 aliphatic carbocycles. The summed E-state index contributed by atoms with van der Waals surface area (Å²) in [7, 11) is -3.20. The first kappa shape index (κ1) is 13.8. The first-order chi connectivity index (χ1) is 8.36. The molecule has 1 saturated carbocycles. The first-order valence-corrected chi connectivity index (χ1v) is 8.09. The average molecular weight is 275 g/mol. The lowest BCUT2D eigenvalue weighted by Gasteiger charge is -2.36. The molecule has 0 aromatic heterocycles. The molecule has 2 rings (SSSR count). The number of hydrogen-bond donors (Lipinski definition) is 1. The zero-order chi connectivity index (χ0) is 13.4. The van der Waals surface area contributed by atoms with E-state index < -0.39 is 21.4 Å². The zero-order valence-electron chi connectivity index (χ0n) is 10.8. The number of nitrogens with zero attached hydrogens (tertiary/aromatic N) is 1. The number of carboxylic acids is 1. The largest absolute Gasteiger partial charge is 0.481 e. The number of carboxylic acid groups (broad SMARTS) is 1. The van der Waals surface area contributed by atoms with E-state index in [1.165, 1.54) is 4.31 Å². The highest BCUT2D eigenvalue weighted by molar-refractivity contribution is 7.89. The fourth-order valence-corrected chi connectivity index (χ4v) is 4.89. The monoisotopic (exact) mass is 275 g/mol. The summed E-state index contributed by atoms with van der Waals surface area (Å²) in [5, 5.41) is 8.90. The van der Waals surface area contributed by atoms with E-state index in [-0.39, 0.29) is 5.25 Å². The number of piperidine rings is 1. The molecule has 2 aliphatic rings. The van der Waals surface area contributed by atoms with Gasteiger partial charge in [-0.15, -0.1) is 0 Å². The molecule has 0 atom stereocenters. The quantitative estimate of drug-likeness (QED) is 0.846. The highest BCUT2D eigenvalue weighted by Gasteiger charge is 2.42. The predicted molar refractivity (Wildman–Crippen MR) is 67.7 cm³/mol. The Hall–Kier alpha value is -0.620. The Labute approximate surface area is 108 Å². The summed E-state index contributed by atoms with van der Waals surface area (Å²) in [6.45, 7) is 2.40. The molecule has 0 amide bonds. The van der Waals surface area contributed by atoms with Crippen molar-refractivity contribution in [3.05, 3.63) is 0 Å². The number of rotatable bonds is 3. The zero-order valence-corrected chi connectivity index (χ0v) is 11.6. The third-order valence-electron chi connectivity index (χ3n) is 4.43. The van der Waals surface area contributed by atoms with Crippen molar-refractivity contribution in [3.63, 3.8) is 0 Å². The molecule has 6 heteroatoms. The van der Waals surface area contributed by atoms with Crippen molar-refractivity contribution in [2.75, 3.05) is 13.1 Å². The minimum Gasteiger partial charge on any atom is -0.481 e. The van der Waals surface area contributed by atoms with Gasteiger partial charge in [0.1, 0.15) is 0 Å². The Morgan fingerprint density at radius 2 is 1.72 bits per heavy atom. The third kappa shape index (κ3) is 2.40. The molecule has 0 aromatic rings. The standard InChI is InChI=1S/C12H21NO4S/c1-12(11(14)15)6-8-13(9-7-12)18(16,17)10-4-2-3-5-10/h10H,2-9H2,1H3,(H,14,15). The van der Waals surface area contributed by atoms with Crippen LogP contribution in [0, 0.1) is 5.41 Å². The van der Waals surface area contributed by atoms with Crippen LogP contribution >= 0.6 is 0 Å². The number of carbonyl (C=O) groups is 1. The van der Waals surface area contributed by atoms with E-state index in [9.17, 15) is 13.2 Å². The summed E-state index contributed by atoms with van der Waals surface area (Å²) in [5.41, 5.74) is -0.762. The van der Waals surface area contributed by atoms with Crippen LogP contribution in [0.25, 0.3) is 0 Å². The number of sulfonamides is 1. The second-order valence-electron chi connectivity index (χ2n) is 5.72.